The molecule has 1 atom stereocenters. The molecular formula is C14H18O2. The molecule has 0 radical (unpaired) electrons. The first-order chi connectivity index (χ1) is 7.56. The van der Waals surface area contributed by atoms with E-state index in [0.29, 0.717) is 6.42 Å². The SMILES string of the molecule is CCCC(=O)/C=C/C(C)(O)c1ccccc1. The van der Waals surface area contributed by atoms with Crippen molar-refractivity contribution in [2.24, 2.45) is 0 Å². The average molecular weight is 218 g/mol. The molecule has 86 valence electrons. The van der Waals surface area contributed by atoms with Crippen LogP contribution in [-0.4, -0.2) is 10.9 Å². The Morgan fingerprint density at radius 2 is 2.00 bits per heavy atom. The van der Waals surface area contributed by atoms with E-state index in [4.69, 9.17) is 0 Å². The number of hydrogen-bond acceptors (Lipinski definition) is 2. The minimum Gasteiger partial charge on any atom is -0.381 e. The zero-order valence-electron chi connectivity index (χ0n) is 9.81. The predicted molar refractivity (Wildman–Crippen MR) is 65.1 cm³/mol. The van der Waals surface area contributed by atoms with Gasteiger partial charge in [0.15, 0.2) is 5.78 Å². The van der Waals surface area contributed by atoms with Crippen LogP contribution in [0.3, 0.4) is 0 Å². The quantitative estimate of drug-likeness (QED) is 0.772. The smallest absolute Gasteiger partial charge is 0.155 e. The van der Waals surface area contributed by atoms with Gasteiger partial charge in [0.25, 0.3) is 0 Å². The third-order valence-electron chi connectivity index (χ3n) is 2.45. The van der Waals surface area contributed by atoms with Gasteiger partial charge in [0.1, 0.15) is 5.60 Å². The fourth-order valence-electron chi connectivity index (χ4n) is 1.46. The Bertz CT molecular complexity index is 364. The highest BCUT2D eigenvalue weighted by Gasteiger charge is 2.18. The molecule has 0 saturated carbocycles. The van der Waals surface area contributed by atoms with Crippen LogP contribution in [0, 0.1) is 0 Å². The molecule has 0 aliphatic heterocycles. The van der Waals surface area contributed by atoms with E-state index in [9.17, 15) is 9.90 Å². The molecule has 0 aliphatic carbocycles. The molecule has 0 fully saturated rings. The molecule has 0 heterocycles. The number of allylic oxidation sites excluding steroid dienone is 1. The van der Waals surface area contributed by atoms with Crippen molar-refractivity contribution in [1.82, 2.24) is 0 Å². The normalized spacial score (nSPS) is 14.9. The summed E-state index contributed by atoms with van der Waals surface area (Å²) in [6, 6.07) is 9.31. The van der Waals surface area contributed by atoms with Gasteiger partial charge in [-0.25, -0.2) is 0 Å². The summed E-state index contributed by atoms with van der Waals surface area (Å²) >= 11 is 0. The third-order valence-corrected chi connectivity index (χ3v) is 2.45. The second kappa shape index (κ2) is 5.61. The molecule has 16 heavy (non-hydrogen) atoms. The Morgan fingerprint density at radius 3 is 2.56 bits per heavy atom. The lowest BCUT2D eigenvalue weighted by atomic mass is 9.95. The predicted octanol–water partition coefficient (Wildman–Crippen LogP) is 2.82. The minimum absolute atomic E-state index is 0.0544. The molecule has 0 aromatic heterocycles. The second-order valence-electron chi connectivity index (χ2n) is 4.06. The van der Waals surface area contributed by atoms with E-state index < -0.39 is 5.60 Å². The molecule has 0 spiro atoms. The van der Waals surface area contributed by atoms with Crippen molar-refractivity contribution in [3.8, 4) is 0 Å². The number of benzene rings is 1. The van der Waals surface area contributed by atoms with E-state index >= 15 is 0 Å². The zero-order chi connectivity index (χ0) is 12.0. The summed E-state index contributed by atoms with van der Waals surface area (Å²) in [5.41, 5.74) is -0.291. The van der Waals surface area contributed by atoms with E-state index in [1.54, 1.807) is 13.0 Å². The van der Waals surface area contributed by atoms with Crippen LogP contribution in [0.1, 0.15) is 32.3 Å². The Balaban J connectivity index is 2.76. The lowest BCUT2D eigenvalue weighted by molar-refractivity contribution is -0.114. The maximum Gasteiger partial charge on any atom is 0.155 e. The monoisotopic (exact) mass is 218 g/mol. The van der Waals surface area contributed by atoms with E-state index in [1.165, 1.54) is 6.08 Å². The van der Waals surface area contributed by atoms with Crippen molar-refractivity contribution in [2.75, 3.05) is 0 Å². The summed E-state index contributed by atoms with van der Waals surface area (Å²) < 4.78 is 0. The third kappa shape index (κ3) is 3.63. The van der Waals surface area contributed by atoms with Gasteiger partial charge < -0.3 is 5.11 Å². The Morgan fingerprint density at radius 1 is 1.38 bits per heavy atom. The molecule has 0 saturated heterocycles. The number of aliphatic hydroxyl groups is 1. The van der Waals surface area contributed by atoms with Crippen LogP contribution in [0.25, 0.3) is 0 Å². The highest BCUT2D eigenvalue weighted by Crippen LogP contribution is 2.21. The second-order valence-corrected chi connectivity index (χ2v) is 4.06. The fourth-order valence-corrected chi connectivity index (χ4v) is 1.46. The number of rotatable bonds is 5. The first-order valence-electron chi connectivity index (χ1n) is 5.56. The van der Waals surface area contributed by atoms with Crippen LogP contribution in [-0.2, 0) is 10.4 Å². The van der Waals surface area contributed by atoms with Gasteiger partial charge in [-0.05, 0) is 31.1 Å². The summed E-state index contributed by atoms with van der Waals surface area (Å²) in [6.07, 6.45) is 4.38. The number of carbonyl (C=O) groups excluding carboxylic acids is 1. The highest BCUT2D eigenvalue weighted by atomic mass is 16.3. The van der Waals surface area contributed by atoms with Crippen molar-refractivity contribution in [1.29, 1.82) is 0 Å². The van der Waals surface area contributed by atoms with Crippen LogP contribution < -0.4 is 0 Å². The summed E-state index contributed by atoms with van der Waals surface area (Å²) in [4.78, 5) is 11.3. The van der Waals surface area contributed by atoms with Crippen molar-refractivity contribution in [2.45, 2.75) is 32.3 Å². The topological polar surface area (TPSA) is 37.3 Å². The van der Waals surface area contributed by atoms with Gasteiger partial charge in [0.05, 0.1) is 0 Å². The summed E-state index contributed by atoms with van der Waals surface area (Å²) in [7, 11) is 0. The molecule has 0 amide bonds. The van der Waals surface area contributed by atoms with Gasteiger partial charge in [-0.2, -0.15) is 0 Å². The van der Waals surface area contributed by atoms with Gasteiger partial charge in [-0.3, -0.25) is 4.79 Å². The molecule has 1 unspecified atom stereocenters. The highest BCUT2D eigenvalue weighted by molar-refractivity contribution is 5.89. The van der Waals surface area contributed by atoms with Crippen molar-refractivity contribution in [3.63, 3.8) is 0 Å². The van der Waals surface area contributed by atoms with Gasteiger partial charge in [-0.15, -0.1) is 0 Å². The van der Waals surface area contributed by atoms with Crippen LogP contribution >= 0.6 is 0 Å². The number of hydrogen-bond donors (Lipinski definition) is 1. The number of carbonyl (C=O) groups is 1. The van der Waals surface area contributed by atoms with Crippen LogP contribution in [0.5, 0.6) is 0 Å². The Hall–Kier alpha value is -1.41. The van der Waals surface area contributed by atoms with Gasteiger partial charge in [0.2, 0.25) is 0 Å². The van der Waals surface area contributed by atoms with E-state index in [0.717, 1.165) is 12.0 Å². The van der Waals surface area contributed by atoms with Gasteiger partial charge in [0, 0.05) is 6.42 Å². The Labute approximate surface area is 96.6 Å². The minimum atomic E-state index is -1.08. The van der Waals surface area contributed by atoms with Crippen LogP contribution in [0.4, 0.5) is 0 Å². The lowest BCUT2D eigenvalue weighted by Gasteiger charge is -2.19. The fraction of sp³-hybridized carbons (Fsp3) is 0.357. The van der Waals surface area contributed by atoms with E-state index in [2.05, 4.69) is 0 Å². The van der Waals surface area contributed by atoms with Crippen LogP contribution in [0.2, 0.25) is 0 Å². The Kier molecular flexibility index (Phi) is 4.44. The maximum atomic E-state index is 11.3. The molecule has 0 bridgehead atoms. The average Bonchev–Trinajstić information content (AvgIpc) is 2.28. The molecule has 1 rings (SSSR count). The van der Waals surface area contributed by atoms with Gasteiger partial charge in [-0.1, -0.05) is 37.3 Å². The lowest BCUT2D eigenvalue weighted by Crippen LogP contribution is -2.17. The molecule has 1 aromatic carbocycles. The molecule has 1 N–H and O–H groups in total. The zero-order valence-corrected chi connectivity index (χ0v) is 9.81. The standard InChI is InChI=1S/C14H18O2/c1-3-7-13(15)10-11-14(2,16)12-8-5-4-6-9-12/h4-6,8-11,16H,3,7H2,1-2H3/b11-10+. The summed E-state index contributed by atoms with van der Waals surface area (Å²) in [5, 5.41) is 10.2. The molecule has 2 heteroatoms. The molecular weight excluding hydrogens is 200 g/mol. The van der Waals surface area contributed by atoms with Gasteiger partial charge >= 0.3 is 0 Å². The summed E-state index contributed by atoms with van der Waals surface area (Å²) in [5.74, 6) is 0.0544. The van der Waals surface area contributed by atoms with Crippen molar-refractivity contribution >= 4 is 5.78 Å². The first kappa shape index (κ1) is 12.7. The summed E-state index contributed by atoms with van der Waals surface area (Å²) in [6.45, 7) is 3.64. The van der Waals surface area contributed by atoms with E-state index in [-0.39, 0.29) is 5.78 Å². The first-order valence-corrected chi connectivity index (χ1v) is 5.56. The van der Waals surface area contributed by atoms with Crippen molar-refractivity contribution in [3.05, 3.63) is 48.0 Å². The largest absolute Gasteiger partial charge is 0.381 e. The van der Waals surface area contributed by atoms with E-state index in [1.807, 2.05) is 37.3 Å². The molecule has 0 aliphatic rings. The van der Waals surface area contributed by atoms with Crippen LogP contribution in [0.15, 0.2) is 42.5 Å². The maximum absolute atomic E-state index is 11.3. The number of ketones is 1. The molecule has 2 nitrogen and oxygen atoms in total. The molecule has 1 aromatic rings. The van der Waals surface area contributed by atoms with Crippen molar-refractivity contribution < 1.29 is 9.90 Å².